The van der Waals surface area contributed by atoms with E-state index in [2.05, 4.69) is 55.4 Å². The van der Waals surface area contributed by atoms with E-state index in [-0.39, 0.29) is 33.9 Å². The van der Waals surface area contributed by atoms with E-state index in [1.807, 2.05) is 0 Å². The molecule has 8 atom stereocenters. The maximum absolute atomic E-state index is 11.7. The van der Waals surface area contributed by atoms with Gasteiger partial charge in [0.1, 0.15) is 0 Å². The smallest absolute Gasteiger partial charge is 0.0639 e. The fourth-order valence-corrected chi connectivity index (χ4v) is 10.5. The molecule has 5 aliphatic carbocycles. The molecule has 0 saturated heterocycles. The van der Waals surface area contributed by atoms with Crippen LogP contribution in [0.4, 0.5) is 0 Å². The normalized spacial score (nSPS) is 54.2. The van der Waals surface area contributed by atoms with E-state index in [0.29, 0.717) is 22.7 Å². The van der Waals surface area contributed by atoms with Crippen molar-refractivity contribution in [2.24, 2.45) is 44.3 Å². The van der Waals surface area contributed by atoms with Crippen molar-refractivity contribution in [1.82, 2.24) is 0 Å². The molecule has 2 heteroatoms. The highest BCUT2D eigenvalue weighted by Gasteiger charge is 2.68. The summed E-state index contributed by atoms with van der Waals surface area (Å²) in [6, 6.07) is 0. The molecule has 0 aromatic rings. The number of aliphatic hydroxyl groups excluding tert-OH is 2. The third-order valence-electron chi connectivity index (χ3n) is 13.0. The van der Waals surface area contributed by atoms with Crippen molar-refractivity contribution in [2.45, 2.75) is 132 Å². The monoisotopic (exact) mass is 442 g/mol. The van der Waals surface area contributed by atoms with Gasteiger partial charge in [-0.15, -0.1) is 0 Å². The quantitative estimate of drug-likeness (QED) is 0.387. The van der Waals surface area contributed by atoms with E-state index in [1.165, 1.54) is 38.5 Å². The molecule has 0 bridgehead atoms. The van der Waals surface area contributed by atoms with Gasteiger partial charge in [-0.3, -0.25) is 0 Å². The van der Waals surface area contributed by atoms with Gasteiger partial charge in [-0.05, 0) is 103 Å². The molecule has 4 saturated carbocycles. The largest absolute Gasteiger partial charge is 0.393 e. The van der Waals surface area contributed by atoms with Crippen LogP contribution in [0.3, 0.4) is 0 Å². The Hall–Kier alpha value is -0.340. The van der Waals surface area contributed by atoms with Crippen molar-refractivity contribution in [2.75, 3.05) is 0 Å². The molecule has 2 nitrogen and oxygen atoms in total. The molecule has 5 rings (SSSR count). The molecule has 0 heterocycles. The lowest BCUT2D eigenvalue weighted by atomic mass is 9.34. The Labute approximate surface area is 197 Å². The van der Waals surface area contributed by atoms with Crippen molar-refractivity contribution < 1.29 is 10.2 Å². The van der Waals surface area contributed by atoms with Crippen molar-refractivity contribution in [1.29, 1.82) is 0 Å². The number of fused-ring (bicyclic) bond motifs is 6. The number of allylic oxidation sites excluding steroid dienone is 1. The third kappa shape index (κ3) is 2.72. The molecule has 0 spiro atoms. The number of rotatable bonds is 0. The number of aliphatic hydroxyl groups is 2. The van der Waals surface area contributed by atoms with Gasteiger partial charge in [-0.25, -0.2) is 0 Å². The van der Waals surface area contributed by atoms with Crippen LogP contribution in [0.25, 0.3) is 0 Å². The summed E-state index contributed by atoms with van der Waals surface area (Å²) >= 11 is 0. The summed E-state index contributed by atoms with van der Waals surface area (Å²) in [5, 5.41) is 22.6. The van der Waals surface area contributed by atoms with Gasteiger partial charge in [0.05, 0.1) is 12.2 Å². The van der Waals surface area contributed by atoms with Crippen molar-refractivity contribution >= 4 is 0 Å². The second kappa shape index (κ2) is 6.66. The van der Waals surface area contributed by atoms with Crippen LogP contribution in [0, 0.1) is 44.3 Å². The minimum atomic E-state index is -0.215. The van der Waals surface area contributed by atoms with Gasteiger partial charge in [0.25, 0.3) is 0 Å². The molecular formula is C30H50O2. The maximum atomic E-state index is 11.7. The highest BCUT2D eigenvalue weighted by molar-refractivity contribution is 5.39. The van der Waals surface area contributed by atoms with Gasteiger partial charge >= 0.3 is 0 Å². The lowest BCUT2D eigenvalue weighted by molar-refractivity contribution is -0.210. The number of hydrogen-bond donors (Lipinski definition) is 2. The summed E-state index contributed by atoms with van der Waals surface area (Å²) in [7, 11) is 0. The molecule has 32 heavy (non-hydrogen) atoms. The zero-order chi connectivity index (χ0) is 23.5. The Bertz CT molecular complexity index is 838. The van der Waals surface area contributed by atoms with Gasteiger partial charge in [-0.1, -0.05) is 66.5 Å². The Morgan fingerprint density at radius 2 is 1.38 bits per heavy atom. The van der Waals surface area contributed by atoms with Crippen LogP contribution in [0.15, 0.2) is 11.1 Å². The van der Waals surface area contributed by atoms with E-state index in [0.717, 1.165) is 25.7 Å². The molecule has 2 N–H and O–H groups in total. The Balaban J connectivity index is 1.62. The molecule has 0 aliphatic heterocycles. The molecule has 0 aromatic carbocycles. The van der Waals surface area contributed by atoms with E-state index in [1.54, 1.807) is 11.1 Å². The van der Waals surface area contributed by atoms with Crippen LogP contribution < -0.4 is 0 Å². The van der Waals surface area contributed by atoms with Gasteiger partial charge < -0.3 is 10.2 Å². The Kier molecular flexibility index (Phi) is 4.87. The molecule has 182 valence electrons. The van der Waals surface area contributed by atoms with E-state index >= 15 is 0 Å². The van der Waals surface area contributed by atoms with Crippen LogP contribution in [0.2, 0.25) is 0 Å². The average molecular weight is 443 g/mol. The van der Waals surface area contributed by atoms with E-state index in [4.69, 9.17) is 0 Å². The molecule has 0 amide bonds. The fraction of sp³-hybridized carbons (Fsp3) is 0.933. The Morgan fingerprint density at radius 1 is 0.688 bits per heavy atom. The van der Waals surface area contributed by atoms with Crippen LogP contribution in [-0.4, -0.2) is 22.4 Å². The predicted molar refractivity (Wildman–Crippen MR) is 132 cm³/mol. The van der Waals surface area contributed by atoms with Crippen molar-refractivity contribution in [3.8, 4) is 0 Å². The zero-order valence-corrected chi connectivity index (χ0v) is 22.3. The summed E-state index contributed by atoms with van der Waals surface area (Å²) in [6.07, 6.45) is 11.2. The SMILES string of the molecule is CC1(C)CC[C@@]2(C)C(=C3CC[C@@H]4[C@@]5(C)CC[C@H](O)C(C)(C)[C@H]5CC[C@@]4(C)[C@]3(C)C[C@@H]2O)C1. The van der Waals surface area contributed by atoms with Crippen molar-refractivity contribution in [3.05, 3.63) is 11.1 Å². The van der Waals surface area contributed by atoms with Crippen LogP contribution in [0.5, 0.6) is 0 Å². The van der Waals surface area contributed by atoms with Gasteiger partial charge in [0.2, 0.25) is 0 Å². The zero-order valence-electron chi connectivity index (χ0n) is 22.3. The highest BCUT2D eigenvalue weighted by Crippen LogP contribution is 2.75. The average Bonchev–Trinajstić information content (AvgIpc) is 2.68. The van der Waals surface area contributed by atoms with Crippen LogP contribution in [-0.2, 0) is 0 Å². The maximum Gasteiger partial charge on any atom is 0.0639 e. The van der Waals surface area contributed by atoms with E-state index in [9.17, 15) is 10.2 Å². The third-order valence-corrected chi connectivity index (χ3v) is 13.0. The molecule has 0 unspecified atom stereocenters. The van der Waals surface area contributed by atoms with Crippen molar-refractivity contribution in [3.63, 3.8) is 0 Å². The first kappa shape index (κ1) is 23.4. The van der Waals surface area contributed by atoms with Gasteiger partial charge in [0.15, 0.2) is 0 Å². The summed E-state index contributed by atoms with van der Waals surface area (Å²) in [5.74, 6) is 1.28. The minimum Gasteiger partial charge on any atom is -0.393 e. The molecule has 5 aliphatic rings. The molecule has 0 aromatic heterocycles. The topological polar surface area (TPSA) is 40.5 Å². The minimum absolute atomic E-state index is 0.00597. The second-order valence-corrected chi connectivity index (χ2v) is 15.2. The van der Waals surface area contributed by atoms with E-state index < -0.39 is 0 Å². The first-order valence-corrected chi connectivity index (χ1v) is 13.7. The van der Waals surface area contributed by atoms with Gasteiger partial charge in [-0.2, -0.15) is 0 Å². The lowest BCUT2D eigenvalue weighted by Gasteiger charge is -2.71. The predicted octanol–water partition coefficient (Wildman–Crippen LogP) is 7.28. The lowest BCUT2D eigenvalue weighted by Crippen LogP contribution is -2.65. The standard InChI is InChI=1S/C30H50O2/c1-25(2)15-16-27(5)20(17-25)19-9-10-22-28(6)13-12-23(31)26(3,4)21(28)11-14-29(22,7)30(19,8)18-24(27)32/h21-24,31-32H,9-18H2,1-8H3/t21-,22-,23+,24+,27+,28+,29-,30-/m1/s1. The summed E-state index contributed by atoms with van der Waals surface area (Å²) in [6.45, 7) is 19.7. The van der Waals surface area contributed by atoms with Gasteiger partial charge in [0, 0.05) is 5.41 Å². The Morgan fingerprint density at radius 3 is 2.06 bits per heavy atom. The summed E-state index contributed by atoms with van der Waals surface area (Å²) < 4.78 is 0. The van der Waals surface area contributed by atoms with Crippen LogP contribution in [0.1, 0.15) is 120 Å². The summed E-state index contributed by atoms with van der Waals surface area (Å²) in [5.41, 5.74) is 4.40. The molecular weight excluding hydrogens is 392 g/mol. The number of hydrogen-bond acceptors (Lipinski definition) is 2. The second-order valence-electron chi connectivity index (χ2n) is 15.2. The molecule has 4 fully saturated rings. The first-order chi connectivity index (χ1) is 14.6. The fourth-order valence-electron chi connectivity index (χ4n) is 10.5. The summed E-state index contributed by atoms with van der Waals surface area (Å²) in [4.78, 5) is 0. The highest BCUT2D eigenvalue weighted by atomic mass is 16.3. The molecule has 0 radical (unpaired) electrons. The first-order valence-electron chi connectivity index (χ1n) is 13.7. The van der Waals surface area contributed by atoms with Crippen LogP contribution >= 0.6 is 0 Å².